The Hall–Kier alpha value is -1.71. The molecule has 0 amide bonds. The zero-order valence-corrected chi connectivity index (χ0v) is 20.7. The molecule has 1 unspecified atom stereocenters. The van der Waals surface area contributed by atoms with Crippen LogP contribution in [0.5, 0.6) is 0 Å². The third kappa shape index (κ3) is 9.98. The molecule has 0 aliphatic carbocycles. The van der Waals surface area contributed by atoms with E-state index in [4.69, 9.17) is 18.9 Å². The van der Waals surface area contributed by atoms with Gasteiger partial charge >= 0.3 is 17.9 Å². The van der Waals surface area contributed by atoms with Crippen molar-refractivity contribution in [3.63, 3.8) is 0 Å². The van der Waals surface area contributed by atoms with Crippen LogP contribution in [0, 0.1) is 11.8 Å². The number of hydrogen-bond donors (Lipinski definition) is 2. The first kappa shape index (κ1) is 29.3. The average molecular weight is 475 g/mol. The lowest BCUT2D eigenvalue weighted by Crippen LogP contribution is -2.62. The molecule has 1 heterocycles. The highest BCUT2D eigenvalue weighted by Gasteiger charge is 2.52. The van der Waals surface area contributed by atoms with Crippen molar-refractivity contribution in [2.24, 2.45) is 11.8 Å². The summed E-state index contributed by atoms with van der Waals surface area (Å²) in [5.74, 6) is -2.78. The molecule has 33 heavy (non-hydrogen) atoms. The van der Waals surface area contributed by atoms with Gasteiger partial charge in [0.1, 0.15) is 6.10 Å². The van der Waals surface area contributed by atoms with Crippen molar-refractivity contribution in [2.75, 3.05) is 6.61 Å². The molecule has 2 N–H and O–H groups in total. The number of unbranched alkanes of at least 4 members (excludes halogenated alkanes) is 6. The molecular weight excluding hydrogens is 432 g/mol. The third-order valence-electron chi connectivity index (χ3n) is 5.49. The van der Waals surface area contributed by atoms with Crippen LogP contribution in [0.1, 0.15) is 86.0 Å². The van der Waals surface area contributed by atoms with E-state index in [-0.39, 0.29) is 6.42 Å². The van der Waals surface area contributed by atoms with Gasteiger partial charge in [-0.2, -0.15) is 0 Å². The third-order valence-corrected chi connectivity index (χ3v) is 5.49. The molecule has 1 fully saturated rings. The van der Waals surface area contributed by atoms with Crippen molar-refractivity contribution < 1.29 is 43.5 Å². The normalized spacial score (nSPS) is 25.2. The number of aliphatic hydroxyl groups is 2. The van der Waals surface area contributed by atoms with Crippen molar-refractivity contribution in [2.45, 2.75) is 117 Å². The molecule has 5 atom stereocenters. The lowest BCUT2D eigenvalue weighted by atomic mass is 9.97. The predicted octanol–water partition coefficient (Wildman–Crippen LogP) is 2.88. The summed E-state index contributed by atoms with van der Waals surface area (Å²) in [7, 11) is 0. The summed E-state index contributed by atoms with van der Waals surface area (Å²) >= 11 is 0. The number of rotatable bonds is 14. The van der Waals surface area contributed by atoms with E-state index in [1.165, 1.54) is 19.3 Å². The van der Waals surface area contributed by atoms with Crippen LogP contribution in [0.2, 0.25) is 0 Å². The highest BCUT2D eigenvalue weighted by molar-refractivity contribution is 5.73. The second kappa shape index (κ2) is 15.2. The lowest BCUT2D eigenvalue weighted by molar-refractivity contribution is -0.297. The molecule has 9 heteroatoms. The van der Waals surface area contributed by atoms with Crippen molar-refractivity contribution in [1.29, 1.82) is 0 Å². The van der Waals surface area contributed by atoms with Crippen LogP contribution in [0.4, 0.5) is 0 Å². The molecule has 0 saturated carbocycles. The van der Waals surface area contributed by atoms with Crippen LogP contribution in [-0.2, 0) is 33.3 Å². The van der Waals surface area contributed by atoms with Gasteiger partial charge in [0.25, 0.3) is 0 Å². The highest BCUT2D eigenvalue weighted by atomic mass is 16.7. The minimum Gasteiger partial charge on any atom is -0.455 e. The van der Waals surface area contributed by atoms with Crippen LogP contribution >= 0.6 is 0 Å². The minimum absolute atomic E-state index is 0.140. The number of carbonyl (C=O) groups excluding carboxylic acids is 3. The van der Waals surface area contributed by atoms with E-state index >= 15 is 0 Å². The Bertz CT molecular complexity index is 605. The molecule has 0 spiro atoms. The fourth-order valence-corrected chi connectivity index (χ4v) is 3.42. The summed E-state index contributed by atoms with van der Waals surface area (Å²) in [5, 5.41) is 20.1. The number of hydrogen-bond acceptors (Lipinski definition) is 9. The van der Waals surface area contributed by atoms with E-state index in [9.17, 15) is 24.6 Å². The van der Waals surface area contributed by atoms with Crippen molar-refractivity contribution in [1.82, 2.24) is 0 Å². The number of esters is 3. The maximum Gasteiger partial charge on any atom is 0.308 e. The van der Waals surface area contributed by atoms with Crippen LogP contribution in [0.25, 0.3) is 0 Å². The highest BCUT2D eigenvalue weighted by Crippen LogP contribution is 2.29. The maximum absolute atomic E-state index is 12.6. The van der Waals surface area contributed by atoms with Crippen LogP contribution in [0.15, 0.2) is 0 Å². The zero-order chi connectivity index (χ0) is 25.0. The van der Waals surface area contributed by atoms with Gasteiger partial charge < -0.3 is 29.2 Å². The van der Waals surface area contributed by atoms with Gasteiger partial charge in [0.05, 0.1) is 18.4 Å². The van der Waals surface area contributed by atoms with Gasteiger partial charge in [-0.1, -0.05) is 73.1 Å². The van der Waals surface area contributed by atoms with Crippen LogP contribution < -0.4 is 0 Å². The second-order valence-electron chi connectivity index (χ2n) is 9.19. The van der Waals surface area contributed by atoms with E-state index < -0.39 is 67.1 Å². The van der Waals surface area contributed by atoms with Gasteiger partial charge in [-0.05, 0) is 6.42 Å². The second-order valence-corrected chi connectivity index (χ2v) is 9.19. The average Bonchev–Trinajstić information content (AvgIpc) is 2.76. The van der Waals surface area contributed by atoms with Crippen LogP contribution in [0.3, 0.4) is 0 Å². The van der Waals surface area contributed by atoms with Gasteiger partial charge in [0.2, 0.25) is 0 Å². The quantitative estimate of drug-likeness (QED) is 0.222. The Kier molecular flexibility index (Phi) is 13.5. The van der Waals surface area contributed by atoms with E-state index in [2.05, 4.69) is 6.92 Å². The number of carbonyl (C=O) groups is 3. The molecular formula is C24H42O9. The summed E-state index contributed by atoms with van der Waals surface area (Å²) < 4.78 is 21.7. The minimum atomic E-state index is -1.66. The van der Waals surface area contributed by atoms with E-state index in [0.29, 0.717) is 6.42 Å². The first-order valence-electron chi connectivity index (χ1n) is 12.2. The molecule has 0 bridgehead atoms. The van der Waals surface area contributed by atoms with E-state index in [1.807, 2.05) is 0 Å². The SMILES string of the molecule is CCCCCCCCCC(=O)O[C@H]1[C@H](OC(=O)C(C)C)[C@@H](CO)OC(O)[C@@H]1OC(=O)C(C)C. The summed E-state index contributed by atoms with van der Waals surface area (Å²) in [6.07, 6.45) is 0.594. The standard InChI is InChI=1S/C24H42O9/c1-6-7-8-9-10-11-12-13-18(26)31-20-19(32-22(27)15(2)3)17(14-25)30-24(29)21(20)33-23(28)16(4)5/h15-17,19-21,24-25,29H,6-14H2,1-5H3/t17-,19-,20+,21-,24?/m1/s1. The van der Waals surface area contributed by atoms with Gasteiger partial charge in [0.15, 0.2) is 24.6 Å². The Balaban J connectivity index is 2.91. The molecule has 0 aromatic carbocycles. The summed E-state index contributed by atoms with van der Waals surface area (Å²) in [6, 6.07) is 0. The zero-order valence-electron chi connectivity index (χ0n) is 20.7. The Morgan fingerprint density at radius 1 is 0.788 bits per heavy atom. The largest absolute Gasteiger partial charge is 0.455 e. The molecule has 9 nitrogen and oxygen atoms in total. The lowest BCUT2D eigenvalue weighted by Gasteiger charge is -2.43. The smallest absolute Gasteiger partial charge is 0.308 e. The van der Waals surface area contributed by atoms with Crippen LogP contribution in [-0.4, -0.2) is 65.4 Å². The molecule has 1 aliphatic rings. The van der Waals surface area contributed by atoms with E-state index in [1.54, 1.807) is 27.7 Å². The molecule has 0 radical (unpaired) electrons. The van der Waals surface area contributed by atoms with E-state index in [0.717, 1.165) is 19.3 Å². The van der Waals surface area contributed by atoms with Crippen molar-refractivity contribution >= 4 is 17.9 Å². The summed E-state index contributed by atoms with van der Waals surface area (Å²) in [5.41, 5.74) is 0. The van der Waals surface area contributed by atoms with Crippen molar-refractivity contribution in [3.05, 3.63) is 0 Å². The van der Waals surface area contributed by atoms with Gasteiger partial charge in [-0.3, -0.25) is 14.4 Å². The predicted molar refractivity (Wildman–Crippen MR) is 120 cm³/mol. The Morgan fingerprint density at radius 3 is 1.82 bits per heavy atom. The first-order chi connectivity index (χ1) is 15.6. The molecule has 1 aliphatic heterocycles. The Morgan fingerprint density at radius 2 is 1.30 bits per heavy atom. The van der Waals surface area contributed by atoms with Gasteiger partial charge in [0, 0.05) is 6.42 Å². The monoisotopic (exact) mass is 474 g/mol. The topological polar surface area (TPSA) is 129 Å². The number of ether oxygens (including phenoxy) is 4. The molecule has 0 aromatic heterocycles. The molecule has 0 aromatic rings. The molecule has 1 rings (SSSR count). The molecule has 192 valence electrons. The van der Waals surface area contributed by atoms with Gasteiger partial charge in [-0.15, -0.1) is 0 Å². The van der Waals surface area contributed by atoms with Gasteiger partial charge in [-0.25, -0.2) is 0 Å². The fraction of sp³-hybridized carbons (Fsp3) is 0.875. The number of aliphatic hydroxyl groups excluding tert-OH is 2. The molecule has 1 saturated heterocycles. The van der Waals surface area contributed by atoms with Crippen molar-refractivity contribution in [3.8, 4) is 0 Å². The Labute approximate surface area is 197 Å². The fourth-order valence-electron chi connectivity index (χ4n) is 3.42. The maximum atomic E-state index is 12.6. The first-order valence-corrected chi connectivity index (χ1v) is 12.2. The summed E-state index contributed by atoms with van der Waals surface area (Å²) in [6.45, 7) is 8.06. The summed E-state index contributed by atoms with van der Waals surface area (Å²) in [4.78, 5) is 37.1.